The summed E-state index contributed by atoms with van der Waals surface area (Å²) in [6.07, 6.45) is 2.83. The molecule has 2 aromatic carbocycles. The first kappa shape index (κ1) is 17.5. The minimum absolute atomic E-state index is 0.888. The standard InChI is InChI=1S/C22H26N2Si/c1-25(2,3)18-10-9-15-22-23-20-13-7-8-14-21(20)24(22)17-16-19-11-5-4-6-12-19/h4-8,11-14H,9,15-17H2,1-3H3. The molecule has 0 radical (unpaired) electrons. The lowest BCUT2D eigenvalue weighted by atomic mass is 10.1. The Bertz CT molecular complexity index is 892. The molecule has 0 N–H and O–H groups in total. The van der Waals surface area contributed by atoms with Crippen LogP contribution in [0.25, 0.3) is 11.0 Å². The van der Waals surface area contributed by atoms with Gasteiger partial charge in [-0.25, -0.2) is 4.98 Å². The van der Waals surface area contributed by atoms with Gasteiger partial charge in [-0.1, -0.05) is 62.1 Å². The van der Waals surface area contributed by atoms with Crippen LogP contribution in [-0.2, 0) is 19.4 Å². The third-order valence-electron chi connectivity index (χ3n) is 4.14. The Morgan fingerprint density at radius 2 is 1.64 bits per heavy atom. The van der Waals surface area contributed by atoms with Crippen LogP contribution in [-0.4, -0.2) is 17.6 Å². The fourth-order valence-corrected chi connectivity index (χ4v) is 3.61. The van der Waals surface area contributed by atoms with E-state index in [0.29, 0.717) is 0 Å². The Labute approximate surface area is 151 Å². The maximum atomic E-state index is 4.87. The molecule has 0 saturated carbocycles. The van der Waals surface area contributed by atoms with Gasteiger partial charge in [-0.15, -0.1) is 11.5 Å². The van der Waals surface area contributed by atoms with Gasteiger partial charge >= 0.3 is 0 Å². The summed E-state index contributed by atoms with van der Waals surface area (Å²) in [6, 6.07) is 19.1. The number of fused-ring (bicyclic) bond motifs is 1. The highest BCUT2D eigenvalue weighted by Gasteiger charge is 2.10. The van der Waals surface area contributed by atoms with Crippen LogP contribution in [0.3, 0.4) is 0 Å². The third kappa shape index (κ3) is 4.84. The number of hydrogen-bond donors (Lipinski definition) is 0. The second-order valence-electron chi connectivity index (χ2n) is 7.46. The van der Waals surface area contributed by atoms with Gasteiger partial charge in [-0.3, -0.25) is 0 Å². The predicted molar refractivity (Wildman–Crippen MR) is 109 cm³/mol. The Hall–Kier alpha value is -2.31. The molecule has 1 heterocycles. The molecule has 128 valence electrons. The highest BCUT2D eigenvalue weighted by Crippen LogP contribution is 2.18. The molecule has 25 heavy (non-hydrogen) atoms. The van der Waals surface area contributed by atoms with E-state index in [1.54, 1.807) is 0 Å². The van der Waals surface area contributed by atoms with Crippen molar-refractivity contribution in [2.24, 2.45) is 0 Å². The van der Waals surface area contributed by atoms with Gasteiger partial charge in [0.2, 0.25) is 0 Å². The molecule has 0 atom stereocenters. The fourth-order valence-electron chi connectivity index (χ4n) is 2.95. The molecule has 0 aliphatic heterocycles. The van der Waals surface area contributed by atoms with Gasteiger partial charge in [0.25, 0.3) is 0 Å². The summed E-state index contributed by atoms with van der Waals surface area (Å²) in [6.45, 7) is 7.82. The minimum atomic E-state index is -1.29. The topological polar surface area (TPSA) is 17.8 Å². The van der Waals surface area contributed by atoms with Crippen molar-refractivity contribution in [1.29, 1.82) is 0 Å². The molecule has 3 heteroatoms. The molecular weight excluding hydrogens is 320 g/mol. The molecule has 0 amide bonds. The normalized spacial score (nSPS) is 11.3. The summed E-state index contributed by atoms with van der Waals surface area (Å²) in [5, 5.41) is 0. The molecule has 0 saturated heterocycles. The van der Waals surface area contributed by atoms with Crippen LogP contribution in [0.5, 0.6) is 0 Å². The van der Waals surface area contributed by atoms with Crippen LogP contribution < -0.4 is 0 Å². The number of rotatable bonds is 5. The average Bonchev–Trinajstić information content (AvgIpc) is 2.94. The second-order valence-corrected chi connectivity index (χ2v) is 12.2. The summed E-state index contributed by atoms with van der Waals surface area (Å²) in [5.74, 6) is 4.53. The smallest absolute Gasteiger partial charge is 0.129 e. The first-order valence-corrected chi connectivity index (χ1v) is 12.5. The molecule has 0 unspecified atom stereocenters. The van der Waals surface area contributed by atoms with Gasteiger partial charge in [-0.05, 0) is 24.1 Å². The van der Waals surface area contributed by atoms with E-state index in [4.69, 9.17) is 4.98 Å². The van der Waals surface area contributed by atoms with Crippen LogP contribution in [0, 0.1) is 11.5 Å². The Morgan fingerprint density at radius 1 is 0.920 bits per heavy atom. The summed E-state index contributed by atoms with van der Waals surface area (Å²) >= 11 is 0. The lowest BCUT2D eigenvalue weighted by Gasteiger charge is -2.09. The van der Waals surface area contributed by atoms with Crippen LogP contribution in [0.15, 0.2) is 54.6 Å². The Balaban J connectivity index is 1.80. The van der Waals surface area contributed by atoms with Crippen molar-refractivity contribution in [3.63, 3.8) is 0 Å². The van der Waals surface area contributed by atoms with Crippen molar-refractivity contribution < 1.29 is 0 Å². The van der Waals surface area contributed by atoms with E-state index >= 15 is 0 Å². The highest BCUT2D eigenvalue weighted by atomic mass is 28.3. The quantitative estimate of drug-likeness (QED) is 0.464. The summed E-state index contributed by atoms with van der Waals surface area (Å²) in [5.41, 5.74) is 7.14. The van der Waals surface area contributed by atoms with Gasteiger partial charge < -0.3 is 4.57 Å². The maximum Gasteiger partial charge on any atom is 0.129 e. The number of aryl methyl sites for hydroxylation is 3. The van der Waals surface area contributed by atoms with E-state index in [9.17, 15) is 0 Å². The molecule has 3 aromatic rings. The number of nitrogens with zero attached hydrogens (tertiary/aromatic N) is 2. The van der Waals surface area contributed by atoms with E-state index in [1.165, 1.54) is 11.1 Å². The number of benzene rings is 2. The maximum absolute atomic E-state index is 4.87. The molecule has 0 aliphatic rings. The largest absolute Gasteiger partial charge is 0.328 e. The summed E-state index contributed by atoms with van der Waals surface area (Å²) in [4.78, 5) is 4.87. The molecule has 0 aliphatic carbocycles. The monoisotopic (exact) mass is 346 g/mol. The van der Waals surface area contributed by atoms with E-state index in [0.717, 1.165) is 37.1 Å². The number of imidazole rings is 1. The van der Waals surface area contributed by atoms with Crippen molar-refractivity contribution in [2.75, 3.05) is 0 Å². The lowest BCUT2D eigenvalue weighted by molar-refractivity contribution is 0.667. The molecule has 3 rings (SSSR count). The molecule has 0 bridgehead atoms. The molecule has 2 nitrogen and oxygen atoms in total. The molecular formula is C22H26N2Si. The van der Waals surface area contributed by atoms with Crippen molar-refractivity contribution in [2.45, 2.75) is 45.4 Å². The van der Waals surface area contributed by atoms with Crippen LogP contribution in [0.2, 0.25) is 19.6 Å². The van der Waals surface area contributed by atoms with Crippen LogP contribution in [0.1, 0.15) is 17.8 Å². The van der Waals surface area contributed by atoms with E-state index < -0.39 is 8.07 Å². The lowest BCUT2D eigenvalue weighted by Crippen LogP contribution is -2.16. The predicted octanol–water partition coefficient (Wildman–Crippen LogP) is 5.09. The molecule has 0 spiro atoms. The average molecular weight is 347 g/mol. The van der Waals surface area contributed by atoms with Gasteiger partial charge in [0.1, 0.15) is 13.9 Å². The molecule has 0 fully saturated rings. The SMILES string of the molecule is C[Si](C)(C)C#CCCc1nc2ccccc2n1CCc1ccccc1. The summed E-state index contributed by atoms with van der Waals surface area (Å²) in [7, 11) is -1.29. The van der Waals surface area contributed by atoms with Gasteiger partial charge in [0, 0.05) is 19.4 Å². The van der Waals surface area contributed by atoms with Gasteiger partial charge in [0.15, 0.2) is 0 Å². The zero-order valence-electron chi connectivity index (χ0n) is 15.4. The minimum Gasteiger partial charge on any atom is -0.328 e. The first-order chi connectivity index (χ1) is 12.0. The van der Waals surface area contributed by atoms with E-state index in [2.05, 4.69) is 90.3 Å². The van der Waals surface area contributed by atoms with Crippen LogP contribution >= 0.6 is 0 Å². The summed E-state index contributed by atoms with van der Waals surface area (Å²) < 4.78 is 2.37. The number of hydrogen-bond acceptors (Lipinski definition) is 1. The highest BCUT2D eigenvalue weighted by molar-refractivity contribution is 6.83. The zero-order valence-corrected chi connectivity index (χ0v) is 16.4. The zero-order chi connectivity index (χ0) is 17.7. The van der Waals surface area contributed by atoms with Gasteiger partial charge in [0.05, 0.1) is 11.0 Å². The number of aromatic nitrogens is 2. The van der Waals surface area contributed by atoms with E-state index in [-0.39, 0.29) is 0 Å². The van der Waals surface area contributed by atoms with Crippen molar-refractivity contribution >= 4 is 19.1 Å². The van der Waals surface area contributed by atoms with E-state index in [1.807, 2.05) is 0 Å². The Kier molecular flexibility index (Phi) is 5.40. The third-order valence-corrected chi connectivity index (χ3v) is 5.06. The first-order valence-electron chi connectivity index (χ1n) is 9.01. The number of para-hydroxylation sites is 2. The fraction of sp³-hybridized carbons (Fsp3) is 0.318. The van der Waals surface area contributed by atoms with Gasteiger partial charge in [-0.2, -0.15) is 0 Å². The van der Waals surface area contributed by atoms with Crippen molar-refractivity contribution in [3.8, 4) is 11.5 Å². The van der Waals surface area contributed by atoms with Crippen molar-refractivity contribution in [1.82, 2.24) is 9.55 Å². The Morgan fingerprint density at radius 3 is 2.40 bits per heavy atom. The molecule has 1 aromatic heterocycles. The second kappa shape index (κ2) is 7.71. The van der Waals surface area contributed by atoms with Crippen molar-refractivity contribution in [3.05, 3.63) is 66.0 Å². The van der Waals surface area contributed by atoms with Crippen LogP contribution in [0.4, 0.5) is 0 Å².